The molecule has 1 saturated carbocycles. The van der Waals surface area contributed by atoms with Crippen LogP contribution in [0.25, 0.3) is 0 Å². The molecule has 4 nitrogen and oxygen atoms in total. The normalized spacial score (nSPS) is 20.3. The van der Waals surface area contributed by atoms with E-state index in [1.807, 2.05) is 6.07 Å². The van der Waals surface area contributed by atoms with Crippen LogP contribution in [0, 0.1) is 12.3 Å². The highest BCUT2D eigenvalue weighted by Crippen LogP contribution is 2.64. The van der Waals surface area contributed by atoms with E-state index >= 15 is 0 Å². The number of para-hydroxylation sites is 1. The molecule has 2 atom stereocenters. The van der Waals surface area contributed by atoms with E-state index in [4.69, 9.17) is 20.6 Å². The molecule has 1 fully saturated rings. The van der Waals surface area contributed by atoms with E-state index < -0.39 is 35.8 Å². The van der Waals surface area contributed by atoms with Gasteiger partial charge in [0.05, 0.1) is 6.61 Å². The number of hydrogen-bond acceptors (Lipinski definition) is 4. The average Bonchev–Trinajstić information content (AvgIpc) is 2.87. The quantitative estimate of drug-likeness (QED) is 0.197. The standard InChI is InChI=1S/C28H22F4O4/c1-3-24(19-9-8-12-23(17-19)35-22-10-6-5-7-11-22)36-25(33)26(18-27(29,30)28(26,31)32)20-13-15-21(16-14-20)34-4-2/h1,5-17,24H,4,18H2,2H3. The highest BCUT2D eigenvalue weighted by molar-refractivity contribution is 5.87. The number of hydrogen-bond donors (Lipinski definition) is 0. The summed E-state index contributed by atoms with van der Waals surface area (Å²) >= 11 is 0. The minimum absolute atomic E-state index is 0.260. The van der Waals surface area contributed by atoms with Crippen molar-refractivity contribution in [2.24, 2.45) is 0 Å². The van der Waals surface area contributed by atoms with Crippen LogP contribution in [0.15, 0.2) is 78.9 Å². The van der Waals surface area contributed by atoms with E-state index in [0.29, 0.717) is 23.9 Å². The van der Waals surface area contributed by atoms with Crippen molar-refractivity contribution in [1.82, 2.24) is 0 Å². The molecule has 2 unspecified atom stereocenters. The van der Waals surface area contributed by atoms with E-state index in [1.54, 1.807) is 43.3 Å². The first-order chi connectivity index (χ1) is 17.1. The number of halogens is 4. The Balaban J connectivity index is 1.63. The minimum Gasteiger partial charge on any atom is -0.494 e. The fraction of sp³-hybridized carbons (Fsp3) is 0.250. The van der Waals surface area contributed by atoms with Gasteiger partial charge in [-0.25, -0.2) is 0 Å². The van der Waals surface area contributed by atoms with E-state index in [2.05, 4.69) is 5.92 Å². The average molecular weight is 498 g/mol. The number of carbonyl (C=O) groups is 1. The van der Waals surface area contributed by atoms with Crippen molar-refractivity contribution >= 4 is 5.97 Å². The number of esters is 1. The van der Waals surface area contributed by atoms with Gasteiger partial charge in [0.25, 0.3) is 0 Å². The highest BCUT2D eigenvalue weighted by atomic mass is 19.3. The molecular weight excluding hydrogens is 476 g/mol. The van der Waals surface area contributed by atoms with Gasteiger partial charge in [0.1, 0.15) is 17.2 Å². The molecule has 4 rings (SSSR count). The van der Waals surface area contributed by atoms with E-state index in [-0.39, 0.29) is 11.1 Å². The van der Waals surface area contributed by atoms with Gasteiger partial charge in [0.15, 0.2) is 11.5 Å². The maximum absolute atomic E-state index is 14.9. The van der Waals surface area contributed by atoms with Crippen LogP contribution in [0.1, 0.15) is 30.6 Å². The van der Waals surface area contributed by atoms with Crippen molar-refractivity contribution in [2.75, 3.05) is 6.61 Å². The molecule has 8 heteroatoms. The van der Waals surface area contributed by atoms with Gasteiger partial charge in [-0.1, -0.05) is 48.4 Å². The van der Waals surface area contributed by atoms with E-state index in [1.165, 1.54) is 24.3 Å². The fourth-order valence-electron chi connectivity index (χ4n) is 4.14. The zero-order valence-electron chi connectivity index (χ0n) is 19.2. The molecule has 3 aromatic carbocycles. The number of carbonyl (C=O) groups excluding carboxylic acids is 1. The zero-order valence-corrected chi connectivity index (χ0v) is 19.2. The molecule has 0 bridgehead atoms. The van der Waals surface area contributed by atoms with Crippen molar-refractivity contribution in [1.29, 1.82) is 0 Å². The highest BCUT2D eigenvalue weighted by Gasteiger charge is 2.84. The summed E-state index contributed by atoms with van der Waals surface area (Å²) < 4.78 is 74.2. The SMILES string of the molecule is C#CC(OC(=O)C1(c2ccc(OCC)cc2)CC(F)(F)C1(F)F)c1cccc(Oc2ccccc2)c1. The van der Waals surface area contributed by atoms with Gasteiger partial charge >= 0.3 is 17.8 Å². The van der Waals surface area contributed by atoms with Crippen molar-refractivity contribution in [3.8, 4) is 29.6 Å². The summed E-state index contributed by atoms with van der Waals surface area (Å²) in [7, 11) is 0. The first-order valence-electron chi connectivity index (χ1n) is 11.1. The lowest BCUT2D eigenvalue weighted by molar-refractivity contribution is -0.324. The number of terminal acetylenes is 1. The van der Waals surface area contributed by atoms with Crippen LogP contribution < -0.4 is 9.47 Å². The van der Waals surface area contributed by atoms with Crippen LogP contribution >= 0.6 is 0 Å². The van der Waals surface area contributed by atoms with Crippen molar-refractivity contribution in [3.05, 3.63) is 90.0 Å². The summed E-state index contributed by atoms with van der Waals surface area (Å²) in [5.74, 6) is -7.15. The molecular formula is C28H22F4O4. The maximum Gasteiger partial charge on any atom is 0.330 e. The Morgan fingerprint density at radius 2 is 1.61 bits per heavy atom. The first-order valence-corrected chi connectivity index (χ1v) is 11.1. The molecule has 0 heterocycles. The van der Waals surface area contributed by atoms with E-state index in [0.717, 1.165) is 12.1 Å². The number of benzene rings is 3. The summed E-state index contributed by atoms with van der Waals surface area (Å²) in [4.78, 5) is 13.2. The Morgan fingerprint density at radius 1 is 0.944 bits per heavy atom. The van der Waals surface area contributed by atoms with Crippen LogP contribution in [0.4, 0.5) is 17.6 Å². The number of rotatable bonds is 8. The Morgan fingerprint density at radius 3 is 2.19 bits per heavy atom. The Hall–Kier alpha value is -3.99. The van der Waals surface area contributed by atoms with Gasteiger partial charge < -0.3 is 14.2 Å². The molecule has 186 valence electrons. The second-order valence-electron chi connectivity index (χ2n) is 8.26. The fourth-order valence-corrected chi connectivity index (χ4v) is 4.14. The molecule has 3 aromatic rings. The molecule has 0 amide bonds. The number of ether oxygens (including phenoxy) is 3. The van der Waals surface area contributed by atoms with Gasteiger partial charge in [-0.2, -0.15) is 17.6 Å². The summed E-state index contributed by atoms with van der Waals surface area (Å²) in [6.45, 7) is 2.05. The van der Waals surface area contributed by atoms with Gasteiger partial charge in [0, 0.05) is 12.0 Å². The lowest BCUT2D eigenvalue weighted by atomic mass is 9.58. The van der Waals surface area contributed by atoms with Crippen LogP contribution in [0.3, 0.4) is 0 Å². The van der Waals surface area contributed by atoms with Crippen molar-refractivity contribution in [3.63, 3.8) is 0 Å². The molecule has 0 spiro atoms. The minimum atomic E-state index is -4.69. The zero-order chi connectivity index (χ0) is 26.0. The van der Waals surface area contributed by atoms with Crippen molar-refractivity contribution < 1.29 is 36.6 Å². The van der Waals surface area contributed by atoms with Crippen LogP contribution in [-0.4, -0.2) is 24.4 Å². The molecule has 0 saturated heterocycles. The monoisotopic (exact) mass is 498 g/mol. The smallest absolute Gasteiger partial charge is 0.330 e. The molecule has 36 heavy (non-hydrogen) atoms. The predicted octanol–water partition coefficient (Wildman–Crippen LogP) is 6.71. The molecule has 1 aliphatic rings. The Bertz CT molecular complexity index is 1270. The van der Waals surface area contributed by atoms with Crippen LogP contribution in [-0.2, 0) is 14.9 Å². The summed E-state index contributed by atoms with van der Waals surface area (Å²) in [6.07, 6.45) is 2.71. The Kier molecular flexibility index (Phi) is 6.68. The first kappa shape index (κ1) is 25.1. The van der Waals surface area contributed by atoms with Crippen molar-refractivity contribution in [2.45, 2.75) is 36.7 Å². The number of alkyl halides is 4. The summed E-state index contributed by atoms with van der Waals surface area (Å²) in [6, 6.07) is 20.0. The Labute approximate surface area is 205 Å². The third-order valence-corrected chi connectivity index (χ3v) is 6.01. The largest absolute Gasteiger partial charge is 0.494 e. The van der Waals surface area contributed by atoms with E-state index in [9.17, 15) is 22.4 Å². The van der Waals surface area contributed by atoms with Gasteiger partial charge in [-0.15, -0.1) is 6.42 Å². The lowest BCUT2D eigenvalue weighted by Crippen LogP contribution is -2.72. The van der Waals surface area contributed by atoms with Crippen LogP contribution in [0.2, 0.25) is 0 Å². The third-order valence-electron chi connectivity index (χ3n) is 6.01. The van der Waals surface area contributed by atoms with Gasteiger partial charge in [0.2, 0.25) is 0 Å². The van der Waals surface area contributed by atoms with Crippen LogP contribution in [0.5, 0.6) is 17.2 Å². The molecule has 0 radical (unpaired) electrons. The van der Waals surface area contributed by atoms with Gasteiger partial charge in [-0.3, -0.25) is 4.79 Å². The second kappa shape index (κ2) is 9.57. The summed E-state index contributed by atoms with van der Waals surface area (Å²) in [5, 5.41) is 0. The maximum atomic E-state index is 14.9. The summed E-state index contributed by atoms with van der Waals surface area (Å²) in [5.41, 5.74) is -2.96. The third kappa shape index (κ3) is 4.26. The van der Waals surface area contributed by atoms with Gasteiger partial charge in [-0.05, 0) is 48.9 Å². The predicted molar refractivity (Wildman–Crippen MR) is 124 cm³/mol. The second-order valence-corrected chi connectivity index (χ2v) is 8.26. The molecule has 1 aliphatic carbocycles. The molecule has 0 aromatic heterocycles. The molecule has 0 N–H and O–H groups in total. The topological polar surface area (TPSA) is 44.8 Å². The molecule has 0 aliphatic heterocycles. The lowest BCUT2D eigenvalue weighted by Gasteiger charge is -2.52.